The topological polar surface area (TPSA) is 46.1 Å². The summed E-state index contributed by atoms with van der Waals surface area (Å²) in [6, 6.07) is 5.07. The fourth-order valence-corrected chi connectivity index (χ4v) is 4.72. The van der Waals surface area contributed by atoms with Gasteiger partial charge in [0.1, 0.15) is 5.82 Å². The average Bonchev–Trinajstić information content (AvgIpc) is 3.50. The van der Waals surface area contributed by atoms with Crippen LogP contribution in [0.3, 0.4) is 0 Å². The van der Waals surface area contributed by atoms with Gasteiger partial charge in [-0.25, -0.2) is 4.39 Å². The van der Waals surface area contributed by atoms with Crippen molar-refractivity contribution in [3.05, 3.63) is 34.6 Å². The summed E-state index contributed by atoms with van der Waals surface area (Å²) in [6.45, 7) is 3.40. The maximum atomic E-state index is 14.2. The van der Waals surface area contributed by atoms with E-state index < -0.39 is 0 Å². The molecule has 1 saturated carbocycles. The molecule has 30 heavy (non-hydrogen) atoms. The van der Waals surface area contributed by atoms with E-state index in [1.807, 2.05) is 0 Å². The lowest BCUT2D eigenvalue weighted by atomic mass is 10.1. The van der Waals surface area contributed by atoms with Crippen LogP contribution in [0, 0.1) is 5.82 Å². The number of halogens is 3. The summed E-state index contributed by atoms with van der Waals surface area (Å²) in [5, 5.41) is 4.01. The quantitative estimate of drug-likeness (QED) is 0.331. The number of likely N-dealkylation sites (tertiary alicyclic amines) is 1. The van der Waals surface area contributed by atoms with Crippen molar-refractivity contribution in [3.63, 3.8) is 0 Å². The van der Waals surface area contributed by atoms with Gasteiger partial charge < -0.3 is 19.7 Å². The summed E-state index contributed by atoms with van der Waals surface area (Å²) < 4.78 is 26.0. The molecule has 1 N–H and O–H groups in total. The zero-order valence-corrected chi connectivity index (χ0v) is 20.6. The van der Waals surface area contributed by atoms with Crippen LogP contribution in [-0.4, -0.2) is 62.5 Å². The molecule has 1 aromatic rings. The molecular weight excluding hydrogens is 520 g/mol. The SMILES string of the molecule is CN=C(NC1CC1c1c(F)cccc1Cl)N1CCC(OCC2CCCCO2)CC1.I. The number of rotatable bonds is 5. The Bertz CT molecular complexity index is 704. The predicted octanol–water partition coefficient (Wildman–Crippen LogP) is 4.58. The van der Waals surface area contributed by atoms with E-state index in [9.17, 15) is 4.39 Å². The highest BCUT2D eigenvalue weighted by Gasteiger charge is 2.42. The van der Waals surface area contributed by atoms with Crippen LogP contribution in [0.25, 0.3) is 0 Å². The summed E-state index contributed by atoms with van der Waals surface area (Å²) in [7, 11) is 1.80. The van der Waals surface area contributed by atoms with Gasteiger partial charge in [-0.3, -0.25) is 4.99 Å². The number of piperidine rings is 1. The van der Waals surface area contributed by atoms with E-state index in [1.165, 1.54) is 18.9 Å². The van der Waals surface area contributed by atoms with Gasteiger partial charge in [0.2, 0.25) is 0 Å². The largest absolute Gasteiger partial charge is 0.376 e. The Morgan fingerprint density at radius 1 is 1.30 bits per heavy atom. The Hall–Kier alpha value is -0.640. The van der Waals surface area contributed by atoms with Gasteiger partial charge in [0, 0.05) is 49.3 Å². The third kappa shape index (κ3) is 5.99. The van der Waals surface area contributed by atoms with Crippen molar-refractivity contribution in [1.82, 2.24) is 10.2 Å². The Morgan fingerprint density at radius 3 is 2.77 bits per heavy atom. The highest BCUT2D eigenvalue weighted by atomic mass is 127. The van der Waals surface area contributed by atoms with Crippen LogP contribution in [-0.2, 0) is 9.47 Å². The first-order valence-corrected chi connectivity index (χ1v) is 11.2. The van der Waals surface area contributed by atoms with E-state index in [1.54, 1.807) is 19.2 Å². The van der Waals surface area contributed by atoms with Gasteiger partial charge in [0.25, 0.3) is 0 Å². The number of hydrogen-bond donors (Lipinski definition) is 1. The minimum atomic E-state index is -0.221. The third-order valence-electron chi connectivity index (χ3n) is 6.22. The van der Waals surface area contributed by atoms with Crippen LogP contribution < -0.4 is 5.32 Å². The van der Waals surface area contributed by atoms with Crippen molar-refractivity contribution in [3.8, 4) is 0 Å². The highest BCUT2D eigenvalue weighted by molar-refractivity contribution is 14.0. The first kappa shape index (κ1) is 24.0. The number of nitrogens with one attached hydrogen (secondary N) is 1. The second-order valence-corrected chi connectivity index (χ2v) is 8.69. The van der Waals surface area contributed by atoms with Crippen LogP contribution in [0.5, 0.6) is 0 Å². The lowest BCUT2D eigenvalue weighted by Gasteiger charge is -2.35. The van der Waals surface area contributed by atoms with Crippen molar-refractivity contribution in [2.75, 3.05) is 33.4 Å². The van der Waals surface area contributed by atoms with E-state index in [-0.39, 0.29) is 47.9 Å². The molecule has 168 valence electrons. The van der Waals surface area contributed by atoms with Gasteiger partial charge in [0.15, 0.2) is 5.96 Å². The summed E-state index contributed by atoms with van der Waals surface area (Å²) in [5.74, 6) is 0.775. The molecule has 2 saturated heterocycles. The maximum absolute atomic E-state index is 14.2. The van der Waals surface area contributed by atoms with Crippen LogP contribution in [0.4, 0.5) is 4.39 Å². The maximum Gasteiger partial charge on any atom is 0.193 e. The number of guanidine groups is 1. The summed E-state index contributed by atoms with van der Waals surface area (Å²) >= 11 is 6.22. The van der Waals surface area contributed by atoms with Crippen LogP contribution in [0.1, 0.15) is 50.0 Å². The van der Waals surface area contributed by atoms with Crippen molar-refractivity contribution in [1.29, 1.82) is 0 Å². The molecular formula is C22H32ClFIN3O2. The Balaban J connectivity index is 0.00000256. The van der Waals surface area contributed by atoms with E-state index in [4.69, 9.17) is 21.1 Å². The first-order chi connectivity index (χ1) is 14.2. The lowest BCUT2D eigenvalue weighted by molar-refractivity contribution is -0.0721. The Labute approximate surface area is 200 Å². The summed E-state index contributed by atoms with van der Waals surface area (Å²) in [6.07, 6.45) is 6.95. The van der Waals surface area contributed by atoms with E-state index in [2.05, 4.69) is 15.2 Å². The molecule has 1 aromatic carbocycles. The third-order valence-corrected chi connectivity index (χ3v) is 6.55. The monoisotopic (exact) mass is 551 g/mol. The fraction of sp³-hybridized carbons (Fsp3) is 0.682. The Kier molecular flexibility index (Phi) is 9.04. The van der Waals surface area contributed by atoms with Crippen LogP contribution in [0.15, 0.2) is 23.2 Å². The number of hydrogen-bond acceptors (Lipinski definition) is 3. The number of ether oxygens (including phenoxy) is 2. The molecule has 0 spiro atoms. The lowest BCUT2D eigenvalue weighted by Crippen LogP contribution is -2.48. The number of benzene rings is 1. The zero-order chi connectivity index (χ0) is 20.2. The smallest absolute Gasteiger partial charge is 0.193 e. The standard InChI is InChI=1S/C22H31ClFN3O2.HI/c1-25-22(26-20-13-17(20)21-18(23)6-4-7-19(21)24)27-10-8-15(9-11-27)29-14-16-5-2-3-12-28-16;/h4,6-7,15-17,20H,2-3,5,8-14H2,1H3,(H,25,26);1H. The average molecular weight is 552 g/mol. The molecule has 5 nitrogen and oxygen atoms in total. The summed E-state index contributed by atoms with van der Waals surface area (Å²) in [5.41, 5.74) is 0.624. The van der Waals surface area contributed by atoms with Gasteiger partial charge >= 0.3 is 0 Å². The molecule has 0 bridgehead atoms. The second-order valence-electron chi connectivity index (χ2n) is 8.28. The molecule has 3 unspecified atom stereocenters. The first-order valence-electron chi connectivity index (χ1n) is 10.8. The molecule has 2 heterocycles. The summed E-state index contributed by atoms with van der Waals surface area (Å²) in [4.78, 5) is 6.73. The fourth-order valence-electron chi connectivity index (χ4n) is 4.42. The van der Waals surface area contributed by atoms with E-state index >= 15 is 0 Å². The van der Waals surface area contributed by atoms with Gasteiger partial charge in [-0.1, -0.05) is 17.7 Å². The minimum absolute atomic E-state index is 0. The van der Waals surface area contributed by atoms with Crippen molar-refractivity contribution in [2.45, 2.75) is 62.7 Å². The normalized spacial score (nSPS) is 27.5. The number of nitrogens with zero attached hydrogens (tertiary/aromatic N) is 2. The molecule has 1 aliphatic carbocycles. The molecule has 8 heteroatoms. The van der Waals surface area contributed by atoms with Crippen molar-refractivity contribution < 1.29 is 13.9 Å². The predicted molar refractivity (Wildman–Crippen MR) is 129 cm³/mol. The van der Waals surface area contributed by atoms with Crippen LogP contribution in [0.2, 0.25) is 5.02 Å². The highest BCUT2D eigenvalue weighted by Crippen LogP contribution is 2.45. The van der Waals surface area contributed by atoms with E-state index in [0.717, 1.165) is 51.3 Å². The van der Waals surface area contributed by atoms with Crippen molar-refractivity contribution >= 4 is 41.5 Å². The Morgan fingerprint density at radius 2 is 2.10 bits per heavy atom. The van der Waals surface area contributed by atoms with Gasteiger partial charge in [-0.2, -0.15) is 0 Å². The molecule has 0 amide bonds. The molecule has 4 rings (SSSR count). The molecule has 3 aliphatic rings. The molecule has 2 aliphatic heterocycles. The molecule has 0 aromatic heterocycles. The molecule has 3 atom stereocenters. The molecule has 0 radical (unpaired) electrons. The molecule has 3 fully saturated rings. The second kappa shape index (κ2) is 11.3. The van der Waals surface area contributed by atoms with Gasteiger partial charge in [0.05, 0.1) is 18.8 Å². The van der Waals surface area contributed by atoms with Gasteiger partial charge in [-0.15, -0.1) is 24.0 Å². The zero-order valence-electron chi connectivity index (χ0n) is 17.5. The minimum Gasteiger partial charge on any atom is -0.376 e. The van der Waals surface area contributed by atoms with Crippen LogP contribution >= 0.6 is 35.6 Å². The van der Waals surface area contributed by atoms with Gasteiger partial charge in [-0.05, 0) is 50.7 Å². The van der Waals surface area contributed by atoms with E-state index in [0.29, 0.717) is 23.3 Å². The van der Waals surface area contributed by atoms with Crippen molar-refractivity contribution in [2.24, 2.45) is 4.99 Å². The number of aliphatic imine (C=N–C) groups is 1.